The van der Waals surface area contributed by atoms with Crippen LogP contribution in [0.1, 0.15) is 0 Å². The van der Waals surface area contributed by atoms with Gasteiger partial charge in [0.05, 0.1) is 0 Å². The molecule has 0 unspecified atom stereocenters. The van der Waals surface area contributed by atoms with Gasteiger partial charge < -0.3 is 98.6 Å². The Labute approximate surface area is 266 Å². The van der Waals surface area contributed by atoms with E-state index in [-0.39, 0.29) is 269 Å². The Morgan fingerprint density at radius 3 is 0.138 bits per heavy atom. The van der Waals surface area contributed by atoms with E-state index in [0.717, 1.165) is 0 Å². The van der Waals surface area contributed by atoms with Crippen LogP contribution in [0.2, 0.25) is 0 Å². The van der Waals surface area contributed by atoms with Crippen LogP contribution in [0.4, 0.5) is 0 Å². The fourth-order valence-corrected chi connectivity index (χ4v) is 0. The van der Waals surface area contributed by atoms with Gasteiger partial charge in [0.15, 0.2) is 0 Å². The summed E-state index contributed by atoms with van der Waals surface area (Å²) in [5, 5.41) is 0. The summed E-state index contributed by atoms with van der Waals surface area (Å²) in [7, 11) is 0. The molecule has 0 saturated carbocycles. The van der Waals surface area contributed by atoms with Gasteiger partial charge in [-0.3, -0.25) is 0 Å². The summed E-state index contributed by atoms with van der Waals surface area (Å²) in [6.07, 6.45) is 0. The van der Waals surface area contributed by atoms with E-state index in [4.69, 9.17) is 0 Å². The lowest BCUT2D eigenvalue weighted by molar-refractivity contribution is 0.823. The lowest BCUT2D eigenvalue weighted by Crippen LogP contribution is -0.382. The van der Waals surface area contributed by atoms with Gasteiger partial charge in [0.1, 0.15) is 0 Å². The first-order chi connectivity index (χ1) is 0. The highest BCUT2D eigenvalue weighted by molar-refractivity contribution is 5.76. The van der Waals surface area contributed by atoms with Crippen molar-refractivity contribution in [2.45, 2.75) is 0 Å². The van der Waals surface area contributed by atoms with Gasteiger partial charge in [-0.25, -0.2) is 0 Å². The molecular weight excluding hydrogens is 585 g/mol. The van der Waals surface area contributed by atoms with Crippen LogP contribution in [0.15, 0.2) is 0 Å². The molecule has 0 rings (SSSR count). The van der Waals surface area contributed by atoms with Gasteiger partial charge in [0, 0.05) is 170 Å². The molecule has 0 fully saturated rings. The average Bonchev–Trinajstić information content (AvgIpc) is 0. The van der Waals surface area contributed by atoms with E-state index in [1.54, 1.807) is 0 Å². The van der Waals surface area contributed by atoms with Crippen molar-refractivity contribution in [2.24, 2.45) is 0 Å². The third kappa shape index (κ3) is 1780. The first kappa shape index (κ1) is 2090. The zero-order valence-corrected chi connectivity index (χ0v) is 27.7. The lowest BCUT2D eigenvalue weighted by atomic mass is 16.0. The maximum Gasteiger partial charge on any atom is 0 e. The second-order valence-corrected chi connectivity index (χ2v) is 0. The number of rotatable bonds is 0. The maximum atomic E-state index is 0. The monoisotopic (exact) mass is 620 g/mol. The van der Waals surface area contributed by atoms with E-state index >= 15 is 0 Å². The number of hydrogen-bond acceptors (Lipinski definition) is 0. The summed E-state index contributed by atoms with van der Waals surface area (Å²) < 4.78 is 0. The van der Waals surface area contributed by atoms with Crippen LogP contribution < -0.4 is 0 Å². The van der Waals surface area contributed by atoms with Gasteiger partial charge in [0.25, 0.3) is 0 Å². The molecule has 0 heterocycles. The molecule has 0 aliphatic carbocycles. The van der Waals surface area contributed by atoms with Crippen molar-refractivity contribution in [3.63, 3.8) is 0 Å². The van der Waals surface area contributed by atoms with Crippen molar-refractivity contribution >= 4 is 170 Å². The van der Waals surface area contributed by atoms with E-state index in [1.165, 1.54) is 0 Å². The van der Waals surface area contributed by atoms with Gasteiger partial charge >= 0.3 is 0 Å². The Balaban J connectivity index is 0. The summed E-state index contributed by atoms with van der Waals surface area (Å²) in [4.78, 5) is 0. The Morgan fingerprint density at radius 2 is 0.138 bits per heavy atom. The zero-order chi connectivity index (χ0) is 0. The van der Waals surface area contributed by atoms with Crippen molar-refractivity contribution in [2.75, 3.05) is 0 Å². The Kier molecular flexibility index (Phi) is 137000. The fourth-order valence-electron chi connectivity index (χ4n) is 0. The highest BCUT2D eigenvalue weighted by Crippen LogP contribution is -0.270. The second kappa shape index (κ2) is 1900. The molecule has 0 spiro atoms. The average molecular weight is 621 g/mol. The molecule has 0 aromatic carbocycles. The first-order valence-electron chi connectivity index (χ1n) is 0. The molecule has 0 saturated heterocycles. The van der Waals surface area contributed by atoms with Crippen LogP contribution in [0.25, 0.3) is 0 Å². The Bertz CT molecular complexity index is 44.2. The lowest BCUT2D eigenvalue weighted by Gasteiger charge is -0.413. The standard InChI is InChI=1S/4Al.2Mg.18H2O.5Si/h;;;;;;18*1H2;;;;;. The zero-order valence-electron chi connectivity index (χ0n) is 15.2. The molecule has 0 atom stereocenters. The van der Waals surface area contributed by atoms with Crippen LogP contribution in [-0.2, 0) is 0 Å². The third-order valence-electron chi connectivity index (χ3n) is 0. The predicted molar refractivity (Wildman–Crippen MR) is 128 cm³/mol. The minimum Gasteiger partial charge on any atom is -0.412 e. The SMILES string of the molecule is O.O.O.O.O.O.O.O.O.O.O.O.O.O.O.O.O.O.[Al].[Al].[Al].[Al].[Mg].[Mg].[Si].[Si].[Si].[Si].[Si]. The normalized spacial score (nSPS) is 0. The van der Waals surface area contributed by atoms with E-state index in [0.29, 0.717) is 0 Å². The van der Waals surface area contributed by atoms with Crippen LogP contribution >= 0.6 is 0 Å². The van der Waals surface area contributed by atoms with Crippen molar-refractivity contribution in [1.29, 1.82) is 0 Å². The highest BCUT2D eigenvalue weighted by Gasteiger charge is 0.0105. The Hall–Kier alpha value is 4.03. The first-order valence-corrected chi connectivity index (χ1v) is 0. The van der Waals surface area contributed by atoms with Crippen LogP contribution in [0, 0.1) is 0 Å². The summed E-state index contributed by atoms with van der Waals surface area (Å²) >= 11 is 0. The minimum atomic E-state index is 0. The molecule has 0 aromatic heterocycles. The van der Waals surface area contributed by atoms with Gasteiger partial charge in [-0.1, -0.05) is 0 Å². The van der Waals surface area contributed by atoms with Gasteiger partial charge in [-0.15, -0.1) is 0 Å². The summed E-state index contributed by atoms with van der Waals surface area (Å²) in [6, 6.07) is 0. The molecule has 36 radical (unpaired) electrons. The summed E-state index contributed by atoms with van der Waals surface area (Å²) in [5.41, 5.74) is 0. The molecule has 36 N–H and O–H groups in total. The molecule has 18 nitrogen and oxygen atoms in total. The van der Waals surface area contributed by atoms with E-state index in [1.807, 2.05) is 0 Å². The predicted octanol–water partition coefficient (Wildman–Crippen LogP) is -19.0. The number of hydrogen-bond donors (Lipinski definition) is 0. The van der Waals surface area contributed by atoms with Gasteiger partial charge in [-0.05, 0) is 0 Å². The van der Waals surface area contributed by atoms with Crippen LogP contribution in [0.3, 0.4) is 0 Å². The van der Waals surface area contributed by atoms with Crippen molar-refractivity contribution in [3.05, 3.63) is 0 Å². The fraction of sp³-hybridized carbons (Fsp3) is 0. The largest absolute Gasteiger partial charge is 0.412 e. The highest BCUT2D eigenvalue weighted by atomic mass is 28.1. The maximum absolute atomic E-state index is 0. The molecule has 180 valence electrons. The Morgan fingerprint density at radius 1 is 0.138 bits per heavy atom. The van der Waals surface area contributed by atoms with Gasteiger partial charge in [-0.2, -0.15) is 0 Å². The molecular formula is H36Al4Mg2O18Si5. The summed E-state index contributed by atoms with van der Waals surface area (Å²) in [5.74, 6) is 0. The van der Waals surface area contributed by atoms with E-state index in [9.17, 15) is 0 Å². The molecule has 29 heteroatoms. The van der Waals surface area contributed by atoms with Crippen molar-refractivity contribution in [1.82, 2.24) is 0 Å². The molecule has 29 heavy (non-hydrogen) atoms. The molecule has 0 aromatic rings. The van der Waals surface area contributed by atoms with Crippen molar-refractivity contribution in [3.8, 4) is 0 Å². The van der Waals surface area contributed by atoms with Crippen LogP contribution in [-0.4, -0.2) is 269 Å². The topological polar surface area (TPSA) is 567 Å². The quantitative estimate of drug-likeness (QED) is 0.227. The van der Waals surface area contributed by atoms with E-state index in [2.05, 4.69) is 0 Å². The van der Waals surface area contributed by atoms with Crippen molar-refractivity contribution < 1.29 is 98.6 Å². The second-order valence-electron chi connectivity index (χ2n) is 0. The molecule has 0 amide bonds. The molecule has 0 aliphatic heterocycles. The molecule has 0 bridgehead atoms. The summed E-state index contributed by atoms with van der Waals surface area (Å²) in [6.45, 7) is 0. The van der Waals surface area contributed by atoms with E-state index < -0.39 is 0 Å². The third-order valence-corrected chi connectivity index (χ3v) is 0. The van der Waals surface area contributed by atoms with Gasteiger partial charge in [0.2, 0.25) is 0 Å². The molecule has 0 aliphatic rings. The smallest absolute Gasteiger partial charge is 0 e. The minimum absolute atomic E-state index is 0. The van der Waals surface area contributed by atoms with Crippen LogP contribution in [0.5, 0.6) is 0 Å².